The first kappa shape index (κ1) is 13.6. The molecule has 17 heavy (non-hydrogen) atoms. The lowest BCUT2D eigenvalue weighted by Gasteiger charge is -2.14. The average molecular weight is 243 g/mol. The van der Waals surface area contributed by atoms with Gasteiger partial charge in [-0.2, -0.15) is 0 Å². The zero-order valence-corrected chi connectivity index (χ0v) is 9.76. The number of hydrogen-bond donors (Lipinski definition) is 2. The second-order valence-corrected chi connectivity index (χ2v) is 3.84. The topological polar surface area (TPSA) is 49.3 Å². The number of aryl methyl sites for hydroxylation is 1. The quantitative estimate of drug-likeness (QED) is 0.846. The van der Waals surface area contributed by atoms with Crippen molar-refractivity contribution in [1.82, 2.24) is 5.32 Å². The maximum Gasteiger partial charge on any atom is 0.254 e. The second-order valence-electron chi connectivity index (χ2n) is 3.84. The fraction of sp³-hybridized carbons (Fsp3) is 0.417. The number of nitrogens with one attached hydrogen (secondary N) is 1. The molecule has 0 fully saturated rings. The summed E-state index contributed by atoms with van der Waals surface area (Å²) in [4.78, 5) is 11.6. The van der Waals surface area contributed by atoms with Gasteiger partial charge in [-0.15, -0.1) is 0 Å². The molecule has 0 radical (unpaired) electrons. The molecule has 1 atom stereocenters. The summed E-state index contributed by atoms with van der Waals surface area (Å²) in [7, 11) is 0. The van der Waals surface area contributed by atoms with Gasteiger partial charge < -0.3 is 10.4 Å². The number of amides is 1. The van der Waals surface area contributed by atoms with Gasteiger partial charge in [0.15, 0.2) is 0 Å². The van der Waals surface area contributed by atoms with Crippen LogP contribution in [0.4, 0.5) is 8.78 Å². The molecule has 1 unspecified atom stereocenters. The lowest BCUT2D eigenvalue weighted by molar-refractivity contribution is 0.0910. The Morgan fingerprint density at radius 1 is 1.41 bits per heavy atom. The van der Waals surface area contributed by atoms with Crippen molar-refractivity contribution in [3.8, 4) is 0 Å². The molecule has 5 heteroatoms. The van der Waals surface area contributed by atoms with E-state index in [4.69, 9.17) is 5.11 Å². The average Bonchev–Trinajstić information content (AvgIpc) is 2.30. The van der Waals surface area contributed by atoms with Gasteiger partial charge in [0.25, 0.3) is 5.91 Å². The summed E-state index contributed by atoms with van der Waals surface area (Å²) in [5, 5.41) is 11.3. The number of benzene rings is 1. The summed E-state index contributed by atoms with van der Waals surface area (Å²) in [6.07, 6.45) is 0.512. The van der Waals surface area contributed by atoms with E-state index in [0.29, 0.717) is 6.42 Å². The van der Waals surface area contributed by atoms with Crippen molar-refractivity contribution >= 4 is 5.91 Å². The number of rotatable bonds is 4. The van der Waals surface area contributed by atoms with E-state index in [-0.39, 0.29) is 17.7 Å². The predicted octanol–water partition coefficient (Wildman–Crippen LogP) is 1.77. The molecule has 0 saturated heterocycles. The van der Waals surface area contributed by atoms with Crippen LogP contribution in [0.25, 0.3) is 0 Å². The van der Waals surface area contributed by atoms with Gasteiger partial charge in [-0.25, -0.2) is 8.78 Å². The van der Waals surface area contributed by atoms with Gasteiger partial charge in [0.1, 0.15) is 11.6 Å². The molecule has 1 amide bonds. The van der Waals surface area contributed by atoms with Crippen LogP contribution in [0.2, 0.25) is 0 Å². The molecule has 2 N–H and O–H groups in total. The van der Waals surface area contributed by atoms with Gasteiger partial charge in [0.05, 0.1) is 18.2 Å². The first-order chi connectivity index (χ1) is 7.99. The number of aliphatic hydroxyl groups excluding tert-OH is 1. The van der Waals surface area contributed by atoms with E-state index in [9.17, 15) is 13.6 Å². The maximum absolute atomic E-state index is 13.4. The van der Waals surface area contributed by atoms with E-state index in [2.05, 4.69) is 5.32 Å². The van der Waals surface area contributed by atoms with Crippen molar-refractivity contribution in [2.24, 2.45) is 0 Å². The van der Waals surface area contributed by atoms with Crippen LogP contribution in [-0.2, 0) is 0 Å². The molecule has 0 bridgehead atoms. The Morgan fingerprint density at radius 3 is 2.59 bits per heavy atom. The van der Waals surface area contributed by atoms with E-state index >= 15 is 0 Å². The van der Waals surface area contributed by atoms with Crippen LogP contribution in [-0.4, -0.2) is 23.7 Å². The van der Waals surface area contributed by atoms with E-state index in [0.717, 1.165) is 12.1 Å². The molecule has 1 aromatic rings. The van der Waals surface area contributed by atoms with Crippen molar-refractivity contribution in [2.75, 3.05) is 6.61 Å². The summed E-state index contributed by atoms with van der Waals surface area (Å²) < 4.78 is 26.7. The third-order valence-corrected chi connectivity index (χ3v) is 2.54. The molecule has 94 valence electrons. The van der Waals surface area contributed by atoms with Gasteiger partial charge in [-0.05, 0) is 31.0 Å². The Hall–Kier alpha value is -1.49. The molecular formula is C12H15F2NO2. The number of hydrogen-bond acceptors (Lipinski definition) is 2. The van der Waals surface area contributed by atoms with Gasteiger partial charge in [-0.3, -0.25) is 4.79 Å². The Bertz CT molecular complexity index is 417. The molecule has 0 aliphatic heterocycles. The Kier molecular flexibility index (Phi) is 4.57. The summed E-state index contributed by atoms with van der Waals surface area (Å²) >= 11 is 0. The highest BCUT2D eigenvalue weighted by Crippen LogP contribution is 2.14. The Labute approximate surface area is 98.5 Å². The van der Waals surface area contributed by atoms with Crippen molar-refractivity contribution in [1.29, 1.82) is 0 Å². The fourth-order valence-electron chi connectivity index (χ4n) is 1.36. The third kappa shape index (κ3) is 3.23. The molecular weight excluding hydrogens is 228 g/mol. The van der Waals surface area contributed by atoms with E-state index in [1.165, 1.54) is 6.92 Å². The minimum atomic E-state index is -0.769. The Balaban J connectivity index is 2.93. The lowest BCUT2D eigenvalue weighted by atomic mass is 10.1. The highest BCUT2D eigenvalue weighted by Gasteiger charge is 2.17. The smallest absolute Gasteiger partial charge is 0.254 e. The van der Waals surface area contributed by atoms with Crippen LogP contribution in [0, 0.1) is 18.6 Å². The summed E-state index contributed by atoms with van der Waals surface area (Å²) in [6, 6.07) is 1.39. The highest BCUT2D eigenvalue weighted by atomic mass is 19.1. The first-order valence-electron chi connectivity index (χ1n) is 5.37. The van der Waals surface area contributed by atoms with Crippen LogP contribution in [0.5, 0.6) is 0 Å². The van der Waals surface area contributed by atoms with Crippen LogP contribution in [0.3, 0.4) is 0 Å². The second kappa shape index (κ2) is 5.72. The normalized spacial score (nSPS) is 12.3. The third-order valence-electron chi connectivity index (χ3n) is 2.54. The largest absolute Gasteiger partial charge is 0.394 e. The molecule has 1 rings (SSSR count). The molecule has 3 nitrogen and oxygen atoms in total. The van der Waals surface area contributed by atoms with Crippen LogP contribution < -0.4 is 5.32 Å². The number of carbonyl (C=O) groups is 1. The molecule has 0 spiro atoms. The molecule has 0 saturated carbocycles. The number of carbonyl (C=O) groups excluding carboxylic acids is 1. The zero-order chi connectivity index (χ0) is 13.0. The number of aliphatic hydroxyl groups is 1. The van der Waals surface area contributed by atoms with Crippen molar-refractivity contribution in [2.45, 2.75) is 26.3 Å². The highest BCUT2D eigenvalue weighted by molar-refractivity contribution is 5.94. The van der Waals surface area contributed by atoms with Crippen molar-refractivity contribution < 1.29 is 18.7 Å². The lowest BCUT2D eigenvalue weighted by Crippen LogP contribution is -2.37. The minimum Gasteiger partial charge on any atom is -0.394 e. The van der Waals surface area contributed by atoms with E-state index in [1.807, 2.05) is 0 Å². The molecule has 0 aliphatic carbocycles. The first-order valence-corrected chi connectivity index (χ1v) is 5.37. The number of halogens is 2. The van der Waals surface area contributed by atoms with E-state index in [1.54, 1.807) is 6.92 Å². The van der Waals surface area contributed by atoms with Gasteiger partial charge in [0.2, 0.25) is 0 Å². The van der Waals surface area contributed by atoms with E-state index < -0.39 is 23.6 Å². The van der Waals surface area contributed by atoms with Crippen LogP contribution in [0.15, 0.2) is 12.1 Å². The van der Waals surface area contributed by atoms with Crippen LogP contribution >= 0.6 is 0 Å². The van der Waals surface area contributed by atoms with Gasteiger partial charge in [0, 0.05) is 0 Å². The monoisotopic (exact) mass is 243 g/mol. The van der Waals surface area contributed by atoms with Crippen LogP contribution in [0.1, 0.15) is 29.3 Å². The minimum absolute atomic E-state index is 0.147. The van der Waals surface area contributed by atoms with Gasteiger partial charge in [-0.1, -0.05) is 6.92 Å². The molecule has 0 aliphatic rings. The SMILES string of the molecule is CCC(CO)NC(=O)c1cc(F)c(C)cc1F. The Morgan fingerprint density at radius 2 is 2.06 bits per heavy atom. The van der Waals surface area contributed by atoms with Crippen molar-refractivity contribution in [3.05, 3.63) is 34.9 Å². The standard InChI is InChI=1S/C12H15F2NO2/c1-3-8(6-16)15-12(17)9-5-10(13)7(2)4-11(9)14/h4-5,8,16H,3,6H2,1-2H3,(H,15,17). The summed E-state index contributed by atoms with van der Waals surface area (Å²) in [5.41, 5.74) is -0.201. The molecule has 0 aromatic heterocycles. The predicted molar refractivity (Wildman–Crippen MR) is 59.7 cm³/mol. The maximum atomic E-state index is 13.4. The van der Waals surface area contributed by atoms with Gasteiger partial charge >= 0.3 is 0 Å². The van der Waals surface area contributed by atoms with Crippen molar-refractivity contribution in [3.63, 3.8) is 0 Å². The molecule has 0 heterocycles. The zero-order valence-electron chi connectivity index (χ0n) is 9.76. The molecule has 1 aromatic carbocycles. The summed E-state index contributed by atoms with van der Waals surface area (Å²) in [6.45, 7) is 2.95. The fourth-order valence-corrected chi connectivity index (χ4v) is 1.36. The summed E-state index contributed by atoms with van der Waals surface area (Å²) in [5.74, 6) is -2.12.